The number of halogens is 2. The van der Waals surface area contributed by atoms with Crippen LogP contribution in [0.2, 0.25) is 10.0 Å². The van der Waals surface area contributed by atoms with Gasteiger partial charge >= 0.3 is 0 Å². The van der Waals surface area contributed by atoms with Gasteiger partial charge in [-0.3, -0.25) is 38.4 Å². The minimum absolute atomic E-state index is 0.00844. The summed E-state index contributed by atoms with van der Waals surface area (Å²) in [5.74, 6) is -14.1. The summed E-state index contributed by atoms with van der Waals surface area (Å²) in [4.78, 5) is 121. The Labute approximate surface area is 705 Å². The number of primary amides is 1. The van der Waals surface area contributed by atoms with Crippen molar-refractivity contribution < 1.29 is 112 Å². The van der Waals surface area contributed by atoms with Gasteiger partial charge in [-0.05, 0) is 129 Å². The van der Waals surface area contributed by atoms with Crippen molar-refractivity contribution in [3.8, 4) is 57.1 Å². The summed E-state index contributed by atoms with van der Waals surface area (Å²) >= 11 is 14.5. The summed E-state index contributed by atoms with van der Waals surface area (Å²) in [5, 5.41) is 123. The number of fused-ring (bicyclic) bond motifs is 15. The quantitative estimate of drug-likeness (QED) is 0.0241. The molecule has 0 aromatic heterocycles. The molecule has 656 valence electrons. The molecule has 0 unspecified atom stereocenters. The average Bonchev–Trinajstić information content (AvgIpc) is 0.767. The number of quaternary nitrogens is 1. The third-order valence-corrected chi connectivity index (χ3v) is 22.5. The first-order valence-electron chi connectivity index (χ1n) is 40.5. The van der Waals surface area contributed by atoms with E-state index in [0.29, 0.717) is 24.1 Å². The molecular formula is C83H114Cl2N13O22+. The molecule has 2 fully saturated rings. The number of likely N-dealkylation sites (N-methyl/N-ethyl adjacent to an activating group) is 2. The number of nitrogens with zero attached hydrogens (tertiary/aromatic N) is 1. The summed E-state index contributed by atoms with van der Waals surface area (Å²) in [6.45, 7) is 10.9. The molecule has 37 heteroatoms. The van der Waals surface area contributed by atoms with Gasteiger partial charge in [-0.2, -0.15) is 0 Å². The normalized spacial score (nSPS) is 26.8. The topological polar surface area (TPSA) is 526 Å². The van der Waals surface area contributed by atoms with Gasteiger partial charge < -0.3 is 138 Å². The van der Waals surface area contributed by atoms with Crippen LogP contribution in [0.5, 0.6) is 46.0 Å². The van der Waals surface area contributed by atoms with Crippen LogP contribution in [-0.2, 0) is 52.6 Å². The summed E-state index contributed by atoms with van der Waals surface area (Å²) in [6, 6.07) is 0.963. The fraction of sp³-hybridized carbons (Fsp3) is 0.542. The molecule has 2 saturated heterocycles. The molecular weight excluding hydrogens is 1600 g/mol. The lowest BCUT2D eigenvalue weighted by atomic mass is 9.85. The van der Waals surface area contributed by atoms with Gasteiger partial charge in [-0.25, -0.2) is 0 Å². The number of aliphatic hydroxyl groups excluding tert-OH is 5. The van der Waals surface area contributed by atoms with Crippen molar-refractivity contribution in [3.63, 3.8) is 0 Å². The van der Waals surface area contributed by atoms with Crippen LogP contribution in [0.25, 0.3) is 11.1 Å². The van der Waals surface area contributed by atoms with Crippen molar-refractivity contribution >= 4 is 70.5 Å². The molecule has 0 spiro atoms. The number of carbonyl (C=O) groups excluding carboxylic acids is 8. The number of amides is 8. The lowest BCUT2D eigenvalue weighted by molar-refractivity contribution is -0.869. The smallest absolute Gasteiger partial charge is 0.248 e. The van der Waals surface area contributed by atoms with Crippen LogP contribution in [-0.4, -0.2) is 239 Å². The number of nitrogens with one attached hydrogen (secondary N) is 10. The van der Waals surface area contributed by atoms with E-state index in [1.807, 2.05) is 35.0 Å². The van der Waals surface area contributed by atoms with Crippen molar-refractivity contribution in [2.75, 3.05) is 67.5 Å². The summed E-state index contributed by atoms with van der Waals surface area (Å²) in [7, 11) is 7.05. The Hall–Kier alpha value is -9.28. The van der Waals surface area contributed by atoms with Crippen molar-refractivity contribution in [1.29, 1.82) is 0 Å². The van der Waals surface area contributed by atoms with E-state index in [1.54, 1.807) is 13.8 Å². The second kappa shape index (κ2) is 41.1. The Bertz CT molecular complexity index is 4510. The predicted octanol–water partition coefficient (Wildman–Crippen LogP) is 3.17. The van der Waals surface area contributed by atoms with Gasteiger partial charge in [0.2, 0.25) is 59.3 Å². The molecule has 5 aromatic carbocycles. The number of aliphatic hydroxyl groups is 5. The van der Waals surface area contributed by atoms with Crippen LogP contribution < -0.4 is 78.8 Å². The van der Waals surface area contributed by atoms with Gasteiger partial charge in [0, 0.05) is 48.8 Å². The first-order valence-corrected chi connectivity index (χ1v) is 41.2. The van der Waals surface area contributed by atoms with Crippen LogP contribution in [0.3, 0.4) is 0 Å². The van der Waals surface area contributed by atoms with E-state index in [2.05, 4.69) is 60.1 Å². The number of nitrogens with two attached hydrogens (primary N) is 2. The largest absolute Gasteiger partial charge is 0.508 e. The number of ether oxygens (including phenoxy) is 6. The molecule has 7 heterocycles. The Morgan fingerprint density at radius 3 is 1.91 bits per heavy atom. The van der Waals surface area contributed by atoms with Crippen molar-refractivity contribution in [1.82, 2.24) is 53.2 Å². The molecule has 7 aliphatic heterocycles. The Kier molecular flexibility index (Phi) is 31.8. The highest BCUT2D eigenvalue weighted by Gasteiger charge is 2.52. The highest BCUT2D eigenvalue weighted by atomic mass is 35.5. The van der Waals surface area contributed by atoms with Crippen LogP contribution in [0.15, 0.2) is 78.9 Å². The molecule has 11 bridgehead atoms. The maximum absolute atomic E-state index is 16.4. The Morgan fingerprint density at radius 2 is 1.29 bits per heavy atom. The number of phenolic OH excluding ortho intramolecular Hbond substituents is 3. The minimum Gasteiger partial charge on any atom is -0.508 e. The summed E-state index contributed by atoms with van der Waals surface area (Å²) in [5.41, 5.74) is 8.85. The summed E-state index contributed by atoms with van der Waals surface area (Å²) in [6.07, 6.45) is -8.13. The number of aromatic hydroxyl groups is 3. The van der Waals surface area contributed by atoms with E-state index in [1.165, 1.54) is 69.5 Å². The lowest BCUT2D eigenvalue weighted by Crippen LogP contribution is -2.66. The van der Waals surface area contributed by atoms with Gasteiger partial charge in [0.1, 0.15) is 95.5 Å². The first kappa shape index (κ1) is 93.0. The van der Waals surface area contributed by atoms with Crippen LogP contribution in [0, 0.1) is 5.92 Å². The Balaban J connectivity index is 1.16. The molecule has 120 heavy (non-hydrogen) atoms. The molecule has 18 atom stereocenters. The number of benzene rings is 5. The van der Waals surface area contributed by atoms with Crippen LogP contribution in [0.4, 0.5) is 0 Å². The number of rotatable bonds is 29. The standard InChI is InChI=1S/C83H113Cl2N13O22/c1-10-11-12-13-14-15-16-17-24-89-25-26-91-83(5)38-61(115-41(4)74(83)107)119-73-71(106)70(105)59(39-86)118-82(73)120-72-57-33-45-34-58(72)117-56-23-20-44(32-50(56)85)69(104)67-81(114)95-65(77(110)90-27-28-98(7,8)9)48-35-46(99)36-54(101)62(48)47-30-42(18-21-53(47)100)63(78(111)97-67)94-79(112)64(45)93-76(109)52(37-60(87)102)92-80(113)66(96-75(108)51(88-6)29-40(2)3)68(103)43-19-22-55(116-57)49(84)31-43/h18-23,30-36,40-41,51-52,59,61,63-71,73-74,82,88-89,91,103-107H,10-17,24-29,37-39,86H2,1-9H3,(H11-,87,90,92,93,94,95,96,97,99,100,101,102,108,109,110,111,112,113,114)/p+1/t41-,51+,52-,59+,61-,63+,64+,65-,66+,67-,68+,69+,70+,71-,73+,74+,82-,83-/m0/s1. The van der Waals surface area contributed by atoms with Gasteiger partial charge in [0.25, 0.3) is 0 Å². The predicted molar refractivity (Wildman–Crippen MR) is 439 cm³/mol. The molecule has 0 aliphatic carbocycles. The second-order valence-electron chi connectivity index (χ2n) is 32.8. The second-order valence-corrected chi connectivity index (χ2v) is 33.6. The van der Waals surface area contributed by atoms with Gasteiger partial charge in [0.05, 0.1) is 68.9 Å². The van der Waals surface area contributed by atoms with Gasteiger partial charge in [-0.1, -0.05) is 107 Å². The number of phenols is 3. The third kappa shape index (κ3) is 22.9. The van der Waals surface area contributed by atoms with Crippen LogP contribution >= 0.6 is 23.2 Å². The average molecular weight is 1720 g/mol. The fourth-order valence-corrected chi connectivity index (χ4v) is 15.7. The molecule has 12 rings (SSSR count). The van der Waals surface area contributed by atoms with E-state index in [0.717, 1.165) is 74.3 Å². The van der Waals surface area contributed by atoms with Crippen molar-refractivity contribution in [2.24, 2.45) is 17.4 Å². The monoisotopic (exact) mass is 1710 g/mol. The van der Waals surface area contributed by atoms with Gasteiger partial charge in [-0.15, -0.1) is 0 Å². The molecule has 0 radical (unpaired) electrons. The minimum atomic E-state index is -2.32. The molecule has 22 N–H and O–H groups in total. The molecule has 5 aromatic rings. The number of hydrogen-bond donors (Lipinski definition) is 20. The van der Waals surface area contributed by atoms with Crippen LogP contribution in [0.1, 0.15) is 163 Å². The van der Waals surface area contributed by atoms with E-state index < -0.39 is 210 Å². The number of hydrogen-bond acceptors (Lipinski definition) is 26. The van der Waals surface area contributed by atoms with E-state index in [4.69, 9.17) is 63.1 Å². The molecule has 35 nitrogen and oxygen atoms in total. The number of unbranched alkanes of at least 4 members (excludes halogenated alkanes) is 7. The maximum Gasteiger partial charge on any atom is 0.248 e. The van der Waals surface area contributed by atoms with E-state index >= 15 is 24.0 Å². The van der Waals surface area contributed by atoms with Crippen molar-refractivity contribution in [3.05, 3.63) is 117 Å². The Morgan fingerprint density at radius 1 is 0.675 bits per heavy atom. The SMILES string of the molecule is CCCCCCCCCCNCCN[C@@]1(C)C[C@H](O[C@H]2[C@H](Oc3c4cc5cc3Oc3ccc(cc3Cl)[C@@H](O)[C@@H](NC(=O)[C@@H](CC(C)C)NC)C(=O)N[C@@H](CC(N)=O)C(=O)N[C@H]5C(=O)N[C@H]3C(=O)N[C@H](C(=O)N[C@H](C(=O)NCC[N+](C)(C)C)c5cc(O)cc(O)c5-c5cc3ccc5O)[C@H](O)c3ccc(c(Cl)c3)O4)O[C@H](CN)[C@@H](O)[C@@H]2O)O[C@@H](C)[C@H]1O. The zero-order chi connectivity index (χ0) is 87.4. The first-order chi connectivity index (χ1) is 56.9. The zero-order valence-electron chi connectivity index (χ0n) is 68.6. The van der Waals surface area contributed by atoms with E-state index in [9.17, 15) is 55.2 Å². The zero-order valence-corrected chi connectivity index (χ0v) is 70.1. The molecule has 7 aliphatic rings. The van der Waals surface area contributed by atoms with Gasteiger partial charge in [0.15, 0.2) is 23.9 Å². The van der Waals surface area contributed by atoms with Crippen molar-refractivity contribution in [2.45, 2.75) is 214 Å². The lowest BCUT2D eigenvalue weighted by Gasteiger charge is -2.48. The summed E-state index contributed by atoms with van der Waals surface area (Å²) < 4.78 is 40.3. The highest BCUT2D eigenvalue weighted by Crippen LogP contribution is 2.50. The maximum atomic E-state index is 16.4. The molecule has 8 amide bonds. The number of carbonyl (C=O) groups is 8. The fourth-order valence-electron chi connectivity index (χ4n) is 15.3. The third-order valence-electron chi connectivity index (χ3n) is 21.9. The molecule has 0 saturated carbocycles. The highest BCUT2D eigenvalue weighted by molar-refractivity contribution is 6.32. The van der Waals surface area contributed by atoms with E-state index in [-0.39, 0.29) is 80.2 Å².